The molecule has 1 N–H and O–H groups in total. The summed E-state index contributed by atoms with van der Waals surface area (Å²) < 4.78 is 11.8. The quantitative estimate of drug-likeness (QED) is 0.688. The Morgan fingerprint density at radius 1 is 1.37 bits per heavy atom. The van der Waals surface area contributed by atoms with Gasteiger partial charge in [0, 0.05) is 17.8 Å². The van der Waals surface area contributed by atoms with Crippen molar-refractivity contribution in [1.82, 2.24) is 9.55 Å². The topological polar surface area (TPSA) is 103 Å². The fourth-order valence-corrected chi connectivity index (χ4v) is 2.71. The molecule has 2 heterocycles. The molecule has 0 aliphatic carbocycles. The Balaban J connectivity index is 1.82. The van der Waals surface area contributed by atoms with Crippen molar-refractivity contribution in [3.63, 3.8) is 0 Å². The molecule has 0 fully saturated rings. The number of furan rings is 1. The number of rotatable bonds is 4. The largest absolute Gasteiger partial charge is 0.449 e. The molecule has 2 aromatic heterocycles. The van der Waals surface area contributed by atoms with Crippen LogP contribution in [0.25, 0.3) is 11.1 Å². The van der Waals surface area contributed by atoms with E-state index in [1.807, 2.05) is 0 Å². The molecule has 0 saturated carbocycles. The minimum atomic E-state index is -1.11. The molecule has 1 amide bonds. The number of hydrogen-bond acceptors (Lipinski definition) is 6. The number of aryl methyl sites for hydroxylation is 2. The Morgan fingerprint density at radius 3 is 2.81 bits per heavy atom. The third kappa shape index (κ3) is 3.70. The molecule has 8 nitrogen and oxygen atoms in total. The molecular weight excluding hydrogens is 374 g/mol. The van der Waals surface area contributed by atoms with Crippen LogP contribution in [0.15, 0.2) is 39.8 Å². The highest BCUT2D eigenvalue weighted by Crippen LogP contribution is 2.22. The van der Waals surface area contributed by atoms with Crippen molar-refractivity contribution in [3.8, 4) is 0 Å². The molecular formula is C18H16ClN3O5. The smallest absolute Gasteiger partial charge is 0.343 e. The van der Waals surface area contributed by atoms with E-state index < -0.39 is 23.5 Å². The van der Waals surface area contributed by atoms with Crippen LogP contribution >= 0.6 is 11.6 Å². The zero-order chi connectivity index (χ0) is 19.7. The molecule has 1 unspecified atom stereocenters. The number of benzene rings is 1. The van der Waals surface area contributed by atoms with Crippen molar-refractivity contribution in [2.24, 2.45) is 7.05 Å². The summed E-state index contributed by atoms with van der Waals surface area (Å²) >= 11 is 5.88. The van der Waals surface area contributed by atoms with Crippen LogP contribution in [0.4, 0.5) is 5.69 Å². The van der Waals surface area contributed by atoms with E-state index >= 15 is 0 Å². The van der Waals surface area contributed by atoms with Gasteiger partial charge in [-0.2, -0.15) is 0 Å². The number of amides is 1. The van der Waals surface area contributed by atoms with Crippen LogP contribution in [-0.2, 0) is 16.6 Å². The SMILES string of the molecule is Cc1oc2ncn(C)c(=O)c2c1C(=O)OC(C)C(=O)Nc1cccc(Cl)c1. The fourth-order valence-electron chi connectivity index (χ4n) is 2.52. The molecule has 0 aliphatic rings. The summed E-state index contributed by atoms with van der Waals surface area (Å²) in [6, 6.07) is 6.57. The van der Waals surface area contributed by atoms with E-state index in [1.165, 1.54) is 31.8 Å². The standard InChI is InChI=1S/C18H16ClN3O5/c1-9-13(14-16(26-9)20-8-22(3)17(14)24)18(25)27-10(2)15(23)21-12-6-4-5-11(19)7-12/h4-8,10H,1-3H3,(H,21,23). The molecule has 3 rings (SSSR count). The summed E-state index contributed by atoms with van der Waals surface area (Å²) in [5.41, 5.74) is 0.0259. The lowest BCUT2D eigenvalue weighted by molar-refractivity contribution is -0.123. The number of carbonyl (C=O) groups excluding carboxylic acids is 2. The van der Waals surface area contributed by atoms with Crippen LogP contribution in [0.3, 0.4) is 0 Å². The molecule has 1 atom stereocenters. The average Bonchev–Trinajstić information content (AvgIpc) is 2.95. The Hall–Kier alpha value is -3.13. The Bertz CT molecular complexity index is 1100. The lowest BCUT2D eigenvalue weighted by atomic mass is 10.2. The number of halogens is 1. The minimum absolute atomic E-state index is 0.0185. The molecule has 9 heteroatoms. The van der Waals surface area contributed by atoms with Gasteiger partial charge in [-0.25, -0.2) is 9.78 Å². The first-order valence-corrected chi connectivity index (χ1v) is 8.38. The van der Waals surface area contributed by atoms with E-state index in [0.717, 1.165) is 0 Å². The Labute approximate surface area is 158 Å². The van der Waals surface area contributed by atoms with Crippen molar-refractivity contribution in [3.05, 3.63) is 57.3 Å². The number of esters is 1. The van der Waals surface area contributed by atoms with Crippen LogP contribution in [0.5, 0.6) is 0 Å². The summed E-state index contributed by atoms with van der Waals surface area (Å²) in [6.07, 6.45) is 0.186. The number of hydrogen-bond donors (Lipinski definition) is 1. The summed E-state index contributed by atoms with van der Waals surface area (Å²) in [4.78, 5) is 41.1. The van der Waals surface area contributed by atoms with Gasteiger partial charge in [0.05, 0.1) is 0 Å². The second kappa shape index (κ2) is 7.24. The van der Waals surface area contributed by atoms with Gasteiger partial charge in [0.2, 0.25) is 5.71 Å². The second-order valence-corrected chi connectivity index (χ2v) is 6.36. The van der Waals surface area contributed by atoms with Crippen LogP contribution in [0.1, 0.15) is 23.0 Å². The van der Waals surface area contributed by atoms with Gasteiger partial charge in [0.1, 0.15) is 23.0 Å². The van der Waals surface area contributed by atoms with Gasteiger partial charge in [0.25, 0.3) is 11.5 Å². The predicted molar refractivity (Wildman–Crippen MR) is 98.9 cm³/mol. The number of anilines is 1. The molecule has 0 bridgehead atoms. The molecule has 0 spiro atoms. The first kappa shape index (κ1) is 18.7. The Morgan fingerprint density at radius 2 is 2.11 bits per heavy atom. The molecule has 1 aromatic carbocycles. The normalized spacial score (nSPS) is 12.0. The van der Waals surface area contributed by atoms with E-state index in [9.17, 15) is 14.4 Å². The lowest BCUT2D eigenvalue weighted by Gasteiger charge is -2.13. The number of nitrogens with one attached hydrogen (secondary N) is 1. The fraction of sp³-hybridized carbons (Fsp3) is 0.222. The van der Waals surface area contributed by atoms with Crippen molar-refractivity contribution in [2.45, 2.75) is 20.0 Å². The van der Waals surface area contributed by atoms with E-state index in [2.05, 4.69) is 10.3 Å². The zero-order valence-corrected chi connectivity index (χ0v) is 15.5. The van der Waals surface area contributed by atoms with Gasteiger partial charge < -0.3 is 19.0 Å². The average molecular weight is 390 g/mol. The van der Waals surface area contributed by atoms with E-state index in [-0.39, 0.29) is 22.4 Å². The third-order valence-electron chi connectivity index (χ3n) is 3.90. The van der Waals surface area contributed by atoms with Gasteiger partial charge in [-0.3, -0.25) is 9.59 Å². The lowest BCUT2D eigenvalue weighted by Crippen LogP contribution is -2.30. The van der Waals surface area contributed by atoms with Crippen LogP contribution in [0.2, 0.25) is 5.02 Å². The molecule has 0 saturated heterocycles. The second-order valence-electron chi connectivity index (χ2n) is 5.92. The highest BCUT2D eigenvalue weighted by molar-refractivity contribution is 6.30. The van der Waals surface area contributed by atoms with Crippen molar-refractivity contribution in [1.29, 1.82) is 0 Å². The number of ether oxygens (including phenoxy) is 1. The first-order chi connectivity index (χ1) is 12.8. The molecule has 0 radical (unpaired) electrons. The zero-order valence-electron chi connectivity index (χ0n) is 14.8. The predicted octanol–water partition coefficient (Wildman–Crippen LogP) is 2.67. The molecule has 0 aliphatic heterocycles. The third-order valence-corrected chi connectivity index (χ3v) is 4.13. The minimum Gasteiger partial charge on any atom is -0.449 e. The molecule has 27 heavy (non-hydrogen) atoms. The van der Waals surface area contributed by atoms with Crippen LogP contribution < -0.4 is 10.9 Å². The summed E-state index contributed by atoms with van der Waals surface area (Å²) in [6.45, 7) is 2.94. The maximum atomic E-state index is 12.6. The van der Waals surface area contributed by atoms with Gasteiger partial charge in [-0.05, 0) is 32.0 Å². The highest BCUT2D eigenvalue weighted by Gasteiger charge is 2.27. The monoisotopic (exact) mass is 389 g/mol. The van der Waals surface area contributed by atoms with E-state index in [4.69, 9.17) is 20.8 Å². The molecule has 3 aromatic rings. The van der Waals surface area contributed by atoms with Crippen molar-refractivity contribution < 1.29 is 18.7 Å². The highest BCUT2D eigenvalue weighted by atomic mass is 35.5. The maximum absolute atomic E-state index is 12.6. The summed E-state index contributed by atoms with van der Waals surface area (Å²) in [5, 5.41) is 3.08. The summed E-state index contributed by atoms with van der Waals surface area (Å²) in [5.74, 6) is -1.19. The number of carbonyl (C=O) groups is 2. The van der Waals surface area contributed by atoms with Gasteiger partial charge in [0.15, 0.2) is 6.10 Å². The van der Waals surface area contributed by atoms with Crippen LogP contribution in [-0.4, -0.2) is 27.5 Å². The number of fused-ring (bicyclic) bond motifs is 1. The molecule has 140 valence electrons. The van der Waals surface area contributed by atoms with Gasteiger partial charge >= 0.3 is 5.97 Å². The van der Waals surface area contributed by atoms with E-state index in [0.29, 0.717) is 10.7 Å². The van der Waals surface area contributed by atoms with Gasteiger partial charge in [-0.1, -0.05) is 17.7 Å². The maximum Gasteiger partial charge on any atom is 0.343 e. The van der Waals surface area contributed by atoms with Crippen LogP contribution in [0, 0.1) is 6.92 Å². The Kier molecular flexibility index (Phi) is 5.00. The van der Waals surface area contributed by atoms with Crippen molar-refractivity contribution >= 4 is 40.3 Å². The first-order valence-electron chi connectivity index (χ1n) is 8.00. The van der Waals surface area contributed by atoms with E-state index in [1.54, 1.807) is 24.3 Å². The van der Waals surface area contributed by atoms with Gasteiger partial charge in [-0.15, -0.1) is 0 Å². The number of nitrogens with zero attached hydrogens (tertiary/aromatic N) is 2. The number of aromatic nitrogens is 2. The van der Waals surface area contributed by atoms with Crippen molar-refractivity contribution in [2.75, 3.05) is 5.32 Å². The summed E-state index contributed by atoms with van der Waals surface area (Å²) in [7, 11) is 1.51.